The molecule has 1 N–H and O–H groups in total. The van der Waals surface area contributed by atoms with Crippen LogP contribution >= 0.6 is 0 Å². The Bertz CT molecular complexity index is 520. The first-order chi connectivity index (χ1) is 9.04. The van der Waals surface area contributed by atoms with Crippen LogP contribution in [-0.2, 0) is 14.3 Å². The standard InChI is InChI=1S/C14H15NO4/c1-3-6-14(18)19-9-13(17)15-12-8-5-4-7-11(12)10(2)16/h3-8H,9H2,1-2H3,(H,15,17)/b6-3+. The zero-order chi connectivity index (χ0) is 14.3. The number of para-hydroxylation sites is 1. The van der Waals surface area contributed by atoms with E-state index in [1.165, 1.54) is 19.1 Å². The van der Waals surface area contributed by atoms with Crippen molar-refractivity contribution in [1.29, 1.82) is 0 Å². The molecule has 19 heavy (non-hydrogen) atoms. The summed E-state index contributed by atoms with van der Waals surface area (Å²) in [6.07, 6.45) is 2.74. The molecule has 0 aliphatic rings. The van der Waals surface area contributed by atoms with E-state index in [2.05, 4.69) is 5.32 Å². The summed E-state index contributed by atoms with van der Waals surface area (Å²) in [5.41, 5.74) is 0.817. The molecule has 0 fully saturated rings. The molecule has 0 heterocycles. The predicted octanol–water partition coefficient (Wildman–Crippen LogP) is 1.95. The van der Waals surface area contributed by atoms with Crippen molar-refractivity contribution in [2.24, 2.45) is 0 Å². The van der Waals surface area contributed by atoms with Gasteiger partial charge in [0.25, 0.3) is 5.91 Å². The summed E-state index contributed by atoms with van der Waals surface area (Å²) in [4.78, 5) is 34.0. The monoisotopic (exact) mass is 261 g/mol. The van der Waals surface area contributed by atoms with Gasteiger partial charge in [-0.2, -0.15) is 0 Å². The molecule has 0 aliphatic heterocycles. The van der Waals surface area contributed by atoms with E-state index < -0.39 is 18.5 Å². The Kier molecular flexibility index (Phi) is 5.47. The van der Waals surface area contributed by atoms with Crippen LogP contribution in [0.25, 0.3) is 0 Å². The highest BCUT2D eigenvalue weighted by molar-refractivity contribution is 6.04. The minimum absolute atomic E-state index is 0.151. The van der Waals surface area contributed by atoms with Gasteiger partial charge in [-0.05, 0) is 26.0 Å². The molecule has 5 heteroatoms. The SMILES string of the molecule is C/C=C/C(=O)OCC(=O)Nc1ccccc1C(C)=O. The molecule has 0 aromatic heterocycles. The Hall–Kier alpha value is -2.43. The van der Waals surface area contributed by atoms with Crippen LogP contribution in [0.5, 0.6) is 0 Å². The molecule has 0 bridgehead atoms. The average Bonchev–Trinajstić information content (AvgIpc) is 2.37. The van der Waals surface area contributed by atoms with E-state index in [1.54, 1.807) is 31.2 Å². The summed E-state index contributed by atoms with van der Waals surface area (Å²) in [6, 6.07) is 6.64. The summed E-state index contributed by atoms with van der Waals surface area (Å²) in [6.45, 7) is 2.69. The first kappa shape index (κ1) is 14.6. The molecule has 1 aromatic carbocycles. The Morgan fingerprint density at radius 3 is 2.58 bits per heavy atom. The number of ketones is 1. The lowest BCUT2D eigenvalue weighted by Crippen LogP contribution is -2.21. The molecule has 1 aromatic rings. The number of benzene rings is 1. The highest BCUT2D eigenvalue weighted by Crippen LogP contribution is 2.15. The minimum atomic E-state index is -0.586. The van der Waals surface area contributed by atoms with Gasteiger partial charge in [-0.25, -0.2) is 4.79 Å². The van der Waals surface area contributed by atoms with Gasteiger partial charge >= 0.3 is 5.97 Å². The van der Waals surface area contributed by atoms with E-state index in [1.807, 2.05) is 0 Å². The molecule has 1 rings (SSSR count). The van der Waals surface area contributed by atoms with E-state index in [9.17, 15) is 14.4 Å². The van der Waals surface area contributed by atoms with Crippen molar-refractivity contribution in [3.8, 4) is 0 Å². The van der Waals surface area contributed by atoms with Crippen molar-refractivity contribution < 1.29 is 19.1 Å². The van der Waals surface area contributed by atoms with Crippen LogP contribution in [0.1, 0.15) is 24.2 Å². The van der Waals surface area contributed by atoms with E-state index in [-0.39, 0.29) is 5.78 Å². The van der Waals surface area contributed by atoms with E-state index in [4.69, 9.17) is 4.74 Å². The third-order valence-electron chi connectivity index (χ3n) is 2.23. The Morgan fingerprint density at radius 2 is 1.95 bits per heavy atom. The zero-order valence-electron chi connectivity index (χ0n) is 10.8. The number of rotatable bonds is 5. The fourth-order valence-electron chi connectivity index (χ4n) is 1.41. The maximum absolute atomic E-state index is 11.6. The fourth-order valence-corrected chi connectivity index (χ4v) is 1.41. The second-order valence-electron chi connectivity index (χ2n) is 3.76. The number of hydrogen-bond acceptors (Lipinski definition) is 4. The first-order valence-corrected chi connectivity index (χ1v) is 5.74. The van der Waals surface area contributed by atoms with Crippen LogP contribution in [0.3, 0.4) is 0 Å². The maximum Gasteiger partial charge on any atom is 0.330 e. The number of Topliss-reactive ketones (excluding diaryl/α,β-unsaturated/α-hetero) is 1. The summed E-state index contributed by atoms with van der Waals surface area (Å²) in [7, 11) is 0. The highest BCUT2D eigenvalue weighted by atomic mass is 16.5. The molecule has 1 amide bonds. The van der Waals surface area contributed by atoms with E-state index in [0.717, 1.165) is 0 Å². The van der Waals surface area contributed by atoms with E-state index in [0.29, 0.717) is 11.3 Å². The topological polar surface area (TPSA) is 72.5 Å². The number of anilines is 1. The predicted molar refractivity (Wildman–Crippen MR) is 70.8 cm³/mol. The lowest BCUT2D eigenvalue weighted by Gasteiger charge is -2.08. The van der Waals surface area contributed by atoms with Gasteiger partial charge in [-0.15, -0.1) is 0 Å². The highest BCUT2D eigenvalue weighted by Gasteiger charge is 2.10. The summed E-state index contributed by atoms with van der Waals surface area (Å²) in [5.74, 6) is -1.23. The van der Waals surface area contributed by atoms with Crippen molar-refractivity contribution in [2.45, 2.75) is 13.8 Å². The number of ether oxygens (including phenoxy) is 1. The average molecular weight is 261 g/mol. The number of carbonyl (C=O) groups is 3. The molecule has 5 nitrogen and oxygen atoms in total. The smallest absolute Gasteiger partial charge is 0.330 e. The fraction of sp³-hybridized carbons (Fsp3) is 0.214. The largest absolute Gasteiger partial charge is 0.452 e. The quantitative estimate of drug-likeness (QED) is 0.499. The van der Waals surface area contributed by atoms with Gasteiger partial charge in [-0.3, -0.25) is 9.59 Å². The third kappa shape index (κ3) is 4.75. The second-order valence-corrected chi connectivity index (χ2v) is 3.76. The number of amides is 1. The summed E-state index contributed by atoms with van der Waals surface area (Å²) >= 11 is 0. The number of nitrogens with one attached hydrogen (secondary N) is 1. The van der Waals surface area contributed by atoms with Gasteiger partial charge in [0.1, 0.15) is 0 Å². The van der Waals surface area contributed by atoms with Gasteiger partial charge in [0.15, 0.2) is 12.4 Å². The third-order valence-corrected chi connectivity index (χ3v) is 2.23. The van der Waals surface area contributed by atoms with Crippen LogP contribution in [0.2, 0.25) is 0 Å². The van der Waals surface area contributed by atoms with Crippen molar-refractivity contribution in [3.05, 3.63) is 42.0 Å². The Balaban J connectivity index is 2.62. The van der Waals surface area contributed by atoms with Crippen LogP contribution in [0.15, 0.2) is 36.4 Å². The molecule has 0 unspecified atom stereocenters. The molecule has 0 saturated heterocycles. The van der Waals surface area contributed by atoms with Gasteiger partial charge < -0.3 is 10.1 Å². The molecule has 100 valence electrons. The van der Waals surface area contributed by atoms with Crippen molar-refractivity contribution >= 4 is 23.3 Å². The molecular weight excluding hydrogens is 246 g/mol. The van der Waals surface area contributed by atoms with Crippen molar-refractivity contribution in [2.75, 3.05) is 11.9 Å². The maximum atomic E-state index is 11.6. The van der Waals surface area contributed by atoms with Gasteiger partial charge in [0.2, 0.25) is 0 Å². The lowest BCUT2D eigenvalue weighted by molar-refractivity contribution is -0.142. The molecule has 0 spiro atoms. The van der Waals surface area contributed by atoms with Crippen LogP contribution < -0.4 is 5.32 Å². The lowest BCUT2D eigenvalue weighted by atomic mass is 10.1. The number of esters is 1. The molecular formula is C14H15NO4. The number of allylic oxidation sites excluding steroid dienone is 1. The van der Waals surface area contributed by atoms with Crippen LogP contribution in [0, 0.1) is 0 Å². The van der Waals surface area contributed by atoms with Gasteiger partial charge in [0, 0.05) is 11.6 Å². The van der Waals surface area contributed by atoms with Crippen LogP contribution in [-0.4, -0.2) is 24.3 Å². The molecule has 0 saturated carbocycles. The summed E-state index contributed by atoms with van der Waals surface area (Å²) < 4.78 is 4.69. The normalized spacial score (nSPS) is 10.2. The molecule has 0 aliphatic carbocycles. The second kappa shape index (κ2) is 7.10. The van der Waals surface area contributed by atoms with Gasteiger partial charge in [0.05, 0.1) is 5.69 Å². The van der Waals surface area contributed by atoms with Crippen molar-refractivity contribution in [3.63, 3.8) is 0 Å². The Morgan fingerprint density at radius 1 is 1.26 bits per heavy atom. The van der Waals surface area contributed by atoms with Crippen LogP contribution in [0.4, 0.5) is 5.69 Å². The van der Waals surface area contributed by atoms with Gasteiger partial charge in [-0.1, -0.05) is 18.2 Å². The number of carbonyl (C=O) groups excluding carboxylic acids is 3. The minimum Gasteiger partial charge on any atom is -0.452 e. The first-order valence-electron chi connectivity index (χ1n) is 5.74. The van der Waals surface area contributed by atoms with Crippen molar-refractivity contribution in [1.82, 2.24) is 0 Å². The molecule has 0 radical (unpaired) electrons. The van der Waals surface area contributed by atoms with E-state index >= 15 is 0 Å². The molecule has 0 atom stereocenters. The summed E-state index contributed by atoms with van der Waals surface area (Å²) in [5, 5.41) is 2.53. The zero-order valence-corrected chi connectivity index (χ0v) is 10.8. The number of hydrogen-bond donors (Lipinski definition) is 1. The Labute approximate surface area is 111 Å².